The number of nitrogens with zero attached hydrogens (tertiary/aromatic N) is 1. The van der Waals surface area contributed by atoms with Crippen molar-refractivity contribution in [3.05, 3.63) is 35.9 Å². The Balaban J connectivity index is 1.71. The minimum atomic E-state index is -0.349. The van der Waals surface area contributed by atoms with E-state index < -0.39 is 0 Å². The van der Waals surface area contributed by atoms with Crippen LogP contribution in [0.15, 0.2) is 30.3 Å². The fourth-order valence-electron chi connectivity index (χ4n) is 4.24. The standard InChI is InChI=1S/C20H27NO3/c1-2-24-18(22)16-10-14-21(15-11-16)19(23)20(12-6-7-13-20)17-8-4-3-5-9-17/h3-5,8-9,16H,2,6-7,10-15H2,1H3. The Morgan fingerprint density at radius 3 is 2.33 bits per heavy atom. The summed E-state index contributed by atoms with van der Waals surface area (Å²) in [6.07, 6.45) is 5.53. The second-order valence-corrected chi connectivity index (χ2v) is 6.97. The average molecular weight is 329 g/mol. The number of hydrogen-bond donors (Lipinski definition) is 0. The normalized spacial score (nSPS) is 20.8. The lowest BCUT2D eigenvalue weighted by Gasteiger charge is -2.38. The molecule has 0 spiro atoms. The molecule has 1 aromatic rings. The van der Waals surface area contributed by atoms with E-state index >= 15 is 0 Å². The molecule has 24 heavy (non-hydrogen) atoms. The number of benzene rings is 1. The first-order valence-electron chi connectivity index (χ1n) is 9.19. The summed E-state index contributed by atoms with van der Waals surface area (Å²) in [6.45, 7) is 3.59. The molecule has 1 aromatic carbocycles. The van der Waals surface area contributed by atoms with Crippen molar-refractivity contribution < 1.29 is 14.3 Å². The molecule has 2 fully saturated rings. The van der Waals surface area contributed by atoms with Crippen LogP contribution in [0.25, 0.3) is 0 Å². The molecule has 1 saturated carbocycles. The van der Waals surface area contributed by atoms with Crippen molar-refractivity contribution in [3.63, 3.8) is 0 Å². The smallest absolute Gasteiger partial charge is 0.309 e. The first kappa shape index (κ1) is 17.0. The van der Waals surface area contributed by atoms with Crippen molar-refractivity contribution in [1.29, 1.82) is 0 Å². The van der Waals surface area contributed by atoms with E-state index in [-0.39, 0.29) is 23.2 Å². The predicted octanol–water partition coefficient (Wildman–Crippen LogP) is 3.30. The molecule has 0 radical (unpaired) electrons. The Hall–Kier alpha value is -1.84. The third-order valence-corrected chi connectivity index (χ3v) is 5.59. The molecule has 130 valence electrons. The maximum atomic E-state index is 13.3. The number of carbonyl (C=O) groups is 2. The average Bonchev–Trinajstić information content (AvgIpc) is 3.13. The fourth-order valence-corrected chi connectivity index (χ4v) is 4.24. The van der Waals surface area contributed by atoms with Crippen LogP contribution in [-0.4, -0.2) is 36.5 Å². The highest BCUT2D eigenvalue weighted by Crippen LogP contribution is 2.43. The summed E-state index contributed by atoms with van der Waals surface area (Å²) in [7, 11) is 0. The SMILES string of the molecule is CCOC(=O)C1CCN(C(=O)C2(c3ccccc3)CCCC2)CC1. The van der Waals surface area contributed by atoms with E-state index in [1.807, 2.05) is 30.0 Å². The van der Waals surface area contributed by atoms with Gasteiger partial charge in [0.05, 0.1) is 17.9 Å². The lowest BCUT2D eigenvalue weighted by molar-refractivity contribution is -0.152. The van der Waals surface area contributed by atoms with Gasteiger partial charge >= 0.3 is 5.97 Å². The number of amides is 1. The summed E-state index contributed by atoms with van der Waals surface area (Å²) in [4.78, 5) is 27.2. The van der Waals surface area contributed by atoms with Crippen LogP contribution in [0.3, 0.4) is 0 Å². The Kier molecular flexibility index (Phi) is 5.22. The molecule has 3 rings (SSSR count). The van der Waals surface area contributed by atoms with Gasteiger partial charge in [-0.15, -0.1) is 0 Å². The largest absolute Gasteiger partial charge is 0.466 e. The van der Waals surface area contributed by atoms with E-state index in [4.69, 9.17) is 4.74 Å². The van der Waals surface area contributed by atoms with Crippen LogP contribution in [-0.2, 0) is 19.7 Å². The topological polar surface area (TPSA) is 46.6 Å². The maximum Gasteiger partial charge on any atom is 0.309 e. The minimum Gasteiger partial charge on any atom is -0.466 e. The number of carbonyl (C=O) groups excluding carboxylic acids is 2. The molecule has 4 nitrogen and oxygen atoms in total. The number of likely N-dealkylation sites (tertiary alicyclic amines) is 1. The van der Waals surface area contributed by atoms with Crippen molar-refractivity contribution in [2.75, 3.05) is 19.7 Å². The van der Waals surface area contributed by atoms with E-state index in [9.17, 15) is 9.59 Å². The third-order valence-electron chi connectivity index (χ3n) is 5.59. The number of esters is 1. The summed E-state index contributed by atoms with van der Waals surface area (Å²) in [5.74, 6) is 0.0991. The highest BCUT2D eigenvalue weighted by molar-refractivity contribution is 5.89. The van der Waals surface area contributed by atoms with Gasteiger partial charge in [0.15, 0.2) is 0 Å². The van der Waals surface area contributed by atoms with Gasteiger partial charge in [-0.25, -0.2) is 0 Å². The van der Waals surface area contributed by atoms with Crippen molar-refractivity contribution in [3.8, 4) is 0 Å². The summed E-state index contributed by atoms with van der Waals surface area (Å²) in [6, 6.07) is 10.2. The lowest BCUT2D eigenvalue weighted by atomic mass is 9.77. The van der Waals surface area contributed by atoms with Crippen LogP contribution >= 0.6 is 0 Å². The molecule has 0 atom stereocenters. The van der Waals surface area contributed by atoms with Gasteiger partial charge in [0.25, 0.3) is 0 Å². The fraction of sp³-hybridized carbons (Fsp3) is 0.600. The van der Waals surface area contributed by atoms with Gasteiger partial charge in [-0.1, -0.05) is 43.2 Å². The van der Waals surface area contributed by atoms with E-state index in [2.05, 4.69) is 12.1 Å². The Morgan fingerprint density at radius 2 is 1.75 bits per heavy atom. The van der Waals surface area contributed by atoms with Crippen molar-refractivity contribution in [1.82, 2.24) is 4.90 Å². The highest BCUT2D eigenvalue weighted by atomic mass is 16.5. The van der Waals surface area contributed by atoms with Crippen LogP contribution in [0, 0.1) is 5.92 Å². The van der Waals surface area contributed by atoms with Crippen molar-refractivity contribution in [2.45, 2.75) is 50.9 Å². The van der Waals surface area contributed by atoms with Gasteiger partial charge in [0.2, 0.25) is 5.91 Å². The zero-order valence-corrected chi connectivity index (χ0v) is 14.5. The first-order chi connectivity index (χ1) is 11.7. The first-order valence-corrected chi connectivity index (χ1v) is 9.19. The summed E-state index contributed by atoms with van der Waals surface area (Å²) < 4.78 is 5.12. The predicted molar refractivity (Wildman–Crippen MR) is 92.5 cm³/mol. The number of hydrogen-bond acceptors (Lipinski definition) is 3. The second kappa shape index (κ2) is 7.37. The van der Waals surface area contributed by atoms with Gasteiger partial charge in [-0.2, -0.15) is 0 Å². The highest BCUT2D eigenvalue weighted by Gasteiger charge is 2.45. The van der Waals surface area contributed by atoms with Gasteiger partial charge in [-0.3, -0.25) is 9.59 Å². The molecule has 0 aromatic heterocycles. The summed E-state index contributed by atoms with van der Waals surface area (Å²) in [5.41, 5.74) is 0.804. The maximum absolute atomic E-state index is 13.3. The molecule has 0 bridgehead atoms. The molecule has 1 aliphatic heterocycles. The second-order valence-electron chi connectivity index (χ2n) is 6.97. The van der Waals surface area contributed by atoms with E-state index in [0.29, 0.717) is 19.7 Å². The van der Waals surface area contributed by atoms with Crippen LogP contribution < -0.4 is 0 Å². The van der Waals surface area contributed by atoms with Crippen LogP contribution in [0.2, 0.25) is 0 Å². The van der Waals surface area contributed by atoms with Gasteiger partial charge in [0, 0.05) is 13.1 Å². The van der Waals surface area contributed by atoms with Gasteiger partial charge in [0.1, 0.15) is 0 Å². The molecule has 0 unspecified atom stereocenters. The minimum absolute atomic E-state index is 0.0507. The number of piperidine rings is 1. The van der Waals surface area contributed by atoms with Crippen molar-refractivity contribution >= 4 is 11.9 Å². The van der Waals surface area contributed by atoms with Crippen LogP contribution in [0.1, 0.15) is 51.0 Å². The zero-order valence-electron chi connectivity index (χ0n) is 14.5. The molecule has 0 N–H and O–H groups in total. The molecule has 1 heterocycles. The van der Waals surface area contributed by atoms with Crippen LogP contribution in [0.4, 0.5) is 0 Å². The van der Waals surface area contributed by atoms with E-state index in [1.54, 1.807) is 0 Å². The van der Waals surface area contributed by atoms with Gasteiger partial charge in [-0.05, 0) is 38.2 Å². The molecule has 1 amide bonds. The molecular formula is C20H27NO3. The number of ether oxygens (including phenoxy) is 1. The molecule has 2 aliphatic rings. The van der Waals surface area contributed by atoms with Gasteiger partial charge < -0.3 is 9.64 Å². The quantitative estimate of drug-likeness (QED) is 0.796. The molecular weight excluding hydrogens is 302 g/mol. The monoisotopic (exact) mass is 329 g/mol. The Morgan fingerprint density at radius 1 is 1.12 bits per heavy atom. The zero-order chi connectivity index (χ0) is 17.0. The summed E-state index contributed by atoms with van der Waals surface area (Å²) >= 11 is 0. The van der Waals surface area contributed by atoms with E-state index in [1.165, 1.54) is 0 Å². The Labute approximate surface area is 144 Å². The molecule has 1 saturated heterocycles. The third kappa shape index (κ3) is 3.19. The lowest BCUT2D eigenvalue weighted by Crippen LogP contribution is -2.49. The van der Waals surface area contributed by atoms with E-state index in [0.717, 1.165) is 44.1 Å². The molecule has 4 heteroatoms. The Bertz CT molecular complexity index is 570. The van der Waals surface area contributed by atoms with Crippen LogP contribution in [0.5, 0.6) is 0 Å². The molecule has 1 aliphatic carbocycles. The number of rotatable bonds is 4. The van der Waals surface area contributed by atoms with Crippen molar-refractivity contribution in [2.24, 2.45) is 5.92 Å². The summed E-state index contributed by atoms with van der Waals surface area (Å²) in [5, 5.41) is 0.